The molecule has 4 saturated carbocycles. The van der Waals surface area contributed by atoms with Crippen LogP contribution in [0.15, 0.2) is 12.7 Å². The van der Waals surface area contributed by atoms with E-state index in [9.17, 15) is 0 Å². The second-order valence-electron chi connectivity index (χ2n) is 13.6. The van der Waals surface area contributed by atoms with Crippen LogP contribution in [0.3, 0.4) is 0 Å². The fraction of sp³-hybridized carbons (Fsp3) is 0.714. The van der Waals surface area contributed by atoms with Gasteiger partial charge in [0.2, 0.25) is 0 Å². The van der Waals surface area contributed by atoms with Gasteiger partial charge in [-0.05, 0) is 97.1 Å². The molecule has 0 spiro atoms. The first-order valence-electron chi connectivity index (χ1n) is 14.2. The zero-order chi connectivity index (χ0) is 25.0. The SMILES string of the molecule is CCC(C)(C)[C@H]1CCc2c(sc3ncn4nc(CC56C[C@H]7C[C@@H](C5)CC(n5ncnn5)(C7)C6)nc4c23)C1. The van der Waals surface area contributed by atoms with Gasteiger partial charge in [0.05, 0.1) is 10.9 Å². The molecule has 4 aromatic rings. The average Bonchev–Trinajstić information content (AvgIpc) is 3.60. The zero-order valence-corrected chi connectivity index (χ0v) is 23.0. The topological polar surface area (TPSA) is 86.7 Å². The van der Waals surface area contributed by atoms with E-state index in [0.717, 1.165) is 53.3 Å². The molecule has 5 aliphatic carbocycles. The molecular formula is C28H36N8S. The first-order valence-corrected chi connectivity index (χ1v) is 15.1. The van der Waals surface area contributed by atoms with Crippen LogP contribution < -0.4 is 0 Å². The lowest BCUT2D eigenvalue weighted by atomic mass is 9.46. The molecule has 0 radical (unpaired) electrons. The van der Waals surface area contributed by atoms with Gasteiger partial charge < -0.3 is 0 Å². The molecule has 0 N–H and O–H groups in total. The van der Waals surface area contributed by atoms with E-state index in [0.29, 0.717) is 5.41 Å². The van der Waals surface area contributed by atoms with Crippen molar-refractivity contribution in [3.8, 4) is 0 Å². The van der Waals surface area contributed by atoms with Gasteiger partial charge in [0.1, 0.15) is 11.2 Å². The molecule has 194 valence electrons. The molecule has 8 nitrogen and oxygen atoms in total. The smallest absolute Gasteiger partial charge is 0.167 e. The summed E-state index contributed by atoms with van der Waals surface area (Å²) < 4.78 is 1.96. The number of thiophene rings is 1. The summed E-state index contributed by atoms with van der Waals surface area (Å²) in [6, 6.07) is 0. The van der Waals surface area contributed by atoms with Gasteiger partial charge in [0.15, 0.2) is 17.8 Å². The Morgan fingerprint density at radius 3 is 2.76 bits per heavy atom. The molecule has 4 aromatic heterocycles. The first kappa shape index (κ1) is 22.6. The van der Waals surface area contributed by atoms with Crippen LogP contribution in [0.4, 0.5) is 0 Å². The Balaban J connectivity index is 1.15. The second-order valence-corrected chi connectivity index (χ2v) is 14.7. The van der Waals surface area contributed by atoms with Crippen LogP contribution in [0, 0.1) is 28.6 Å². The van der Waals surface area contributed by atoms with Crippen LogP contribution in [0.2, 0.25) is 0 Å². The van der Waals surface area contributed by atoms with Crippen LogP contribution >= 0.6 is 11.3 Å². The van der Waals surface area contributed by atoms with Crippen LogP contribution in [0.1, 0.15) is 88.4 Å². The van der Waals surface area contributed by atoms with Crippen molar-refractivity contribution < 1.29 is 0 Å². The van der Waals surface area contributed by atoms with E-state index in [2.05, 4.69) is 36.2 Å². The Labute approximate surface area is 221 Å². The third-order valence-electron chi connectivity index (χ3n) is 10.9. The normalized spacial score (nSPS) is 33.0. The maximum absolute atomic E-state index is 5.23. The summed E-state index contributed by atoms with van der Waals surface area (Å²) in [6.45, 7) is 7.20. The lowest BCUT2D eigenvalue weighted by molar-refractivity contribution is -0.112. The molecule has 4 heterocycles. The highest BCUT2D eigenvalue weighted by molar-refractivity contribution is 7.19. The van der Waals surface area contributed by atoms with Crippen molar-refractivity contribution in [2.75, 3.05) is 0 Å². The number of aromatic nitrogens is 8. The molecule has 4 fully saturated rings. The van der Waals surface area contributed by atoms with Crippen molar-refractivity contribution in [2.24, 2.45) is 28.6 Å². The van der Waals surface area contributed by atoms with E-state index < -0.39 is 0 Å². The molecule has 0 aliphatic heterocycles. The molecule has 9 heteroatoms. The quantitative estimate of drug-likeness (QED) is 0.353. The number of tetrazole rings is 1. The minimum Gasteiger partial charge on any atom is -0.225 e. The number of aryl methyl sites for hydroxylation is 1. The number of fused-ring (bicyclic) bond motifs is 5. The van der Waals surface area contributed by atoms with Crippen molar-refractivity contribution in [3.63, 3.8) is 0 Å². The molecule has 9 rings (SSSR count). The molecule has 0 amide bonds. The van der Waals surface area contributed by atoms with Crippen molar-refractivity contribution in [2.45, 2.75) is 96.9 Å². The Morgan fingerprint density at radius 2 is 2.00 bits per heavy atom. The molecular weight excluding hydrogens is 480 g/mol. The summed E-state index contributed by atoms with van der Waals surface area (Å²) in [4.78, 5) is 14.7. The Bertz CT molecular complexity index is 1480. The van der Waals surface area contributed by atoms with Crippen LogP contribution in [0.5, 0.6) is 0 Å². The highest BCUT2D eigenvalue weighted by Crippen LogP contribution is 2.64. The molecule has 5 atom stereocenters. The van der Waals surface area contributed by atoms with Gasteiger partial charge in [-0.1, -0.05) is 27.2 Å². The van der Waals surface area contributed by atoms with Crippen LogP contribution in [-0.2, 0) is 24.8 Å². The fourth-order valence-electron chi connectivity index (χ4n) is 9.21. The number of hydrogen-bond acceptors (Lipinski definition) is 7. The van der Waals surface area contributed by atoms with E-state index in [1.165, 1.54) is 67.2 Å². The maximum Gasteiger partial charge on any atom is 0.167 e. The summed E-state index contributed by atoms with van der Waals surface area (Å²) in [5, 5.41) is 19.3. The lowest BCUT2D eigenvalue weighted by Crippen LogP contribution is -2.57. The number of rotatable bonds is 5. The van der Waals surface area contributed by atoms with Gasteiger partial charge in [0, 0.05) is 11.3 Å². The third-order valence-corrected chi connectivity index (χ3v) is 12.1. The van der Waals surface area contributed by atoms with Gasteiger partial charge in [-0.2, -0.15) is 4.80 Å². The summed E-state index contributed by atoms with van der Waals surface area (Å²) in [5.41, 5.74) is 3.16. The van der Waals surface area contributed by atoms with E-state index >= 15 is 0 Å². The molecule has 0 saturated heterocycles. The van der Waals surface area contributed by atoms with Crippen molar-refractivity contribution in [1.29, 1.82) is 0 Å². The summed E-state index contributed by atoms with van der Waals surface area (Å²) >= 11 is 1.89. The molecule has 4 bridgehead atoms. The Hall–Kier alpha value is -2.42. The zero-order valence-electron chi connectivity index (χ0n) is 22.2. The number of hydrogen-bond donors (Lipinski definition) is 0. The molecule has 37 heavy (non-hydrogen) atoms. The van der Waals surface area contributed by atoms with E-state index in [1.807, 2.05) is 27.0 Å². The average molecular weight is 517 g/mol. The van der Waals surface area contributed by atoms with Crippen molar-refractivity contribution in [1.82, 2.24) is 39.8 Å². The minimum absolute atomic E-state index is 0.0315. The minimum atomic E-state index is 0.0315. The predicted molar refractivity (Wildman–Crippen MR) is 142 cm³/mol. The van der Waals surface area contributed by atoms with E-state index in [4.69, 9.17) is 15.1 Å². The summed E-state index contributed by atoms with van der Waals surface area (Å²) in [5.74, 6) is 3.23. The Morgan fingerprint density at radius 1 is 1.16 bits per heavy atom. The lowest BCUT2D eigenvalue weighted by Gasteiger charge is -2.61. The van der Waals surface area contributed by atoms with Crippen molar-refractivity contribution >= 4 is 27.2 Å². The van der Waals surface area contributed by atoms with Gasteiger partial charge in [-0.15, -0.1) is 26.6 Å². The monoisotopic (exact) mass is 516 g/mol. The highest BCUT2D eigenvalue weighted by Gasteiger charge is 2.59. The molecule has 0 aromatic carbocycles. The van der Waals surface area contributed by atoms with Gasteiger partial charge in [-0.3, -0.25) is 0 Å². The standard InChI is InChI=1S/C28H36N8S/c1-4-26(2,3)19-5-6-20-21(8-19)37-25-23(20)24-32-22(33-35(24)16-29-25)13-27-9-17-7-18(10-27)12-28(11-17,14-27)36-31-15-30-34-36/h15-19H,4-14H2,1-3H3/t17-,18+,19-,27?,28?/m0/s1. The highest BCUT2D eigenvalue weighted by atomic mass is 32.1. The van der Waals surface area contributed by atoms with Crippen molar-refractivity contribution in [3.05, 3.63) is 28.9 Å². The predicted octanol–water partition coefficient (Wildman–Crippen LogP) is 5.40. The number of nitrogens with zero attached hydrogens (tertiary/aromatic N) is 8. The largest absolute Gasteiger partial charge is 0.225 e. The second kappa shape index (κ2) is 7.58. The summed E-state index contributed by atoms with van der Waals surface area (Å²) in [6.07, 6.45) is 16.7. The van der Waals surface area contributed by atoms with E-state index in [-0.39, 0.29) is 11.0 Å². The van der Waals surface area contributed by atoms with Gasteiger partial charge in [0.25, 0.3) is 0 Å². The molecule has 5 aliphatic rings. The fourth-order valence-corrected chi connectivity index (χ4v) is 10.5. The third kappa shape index (κ3) is 3.31. The van der Waals surface area contributed by atoms with Gasteiger partial charge >= 0.3 is 0 Å². The van der Waals surface area contributed by atoms with Gasteiger partial charge in [-0.25, -0.2) is 14.5 Å². The maximum atomic E-state index is 5.23. The summed E-state index contributed by atoms with van der Waals surface area (Å²) in [7, 11) is 0. The van der Waals surface area contributed by atoms with Crippen LogP contribution in [-0.4, -0.2) is 39.8 Å². The first-order chi connectivity index (χ1) is 17.9. The molecule has 2 unspecified atom stereocenters. The Kier molecular flexibility index (Phi) is 4.62. The van der Waals surface area contributed by atoms with E-state index in [1.54, 1.807) is 6.33 Å². The van der Waals surface area contributed by atoms with Crippen LogP contribution in [0.25, 0.3) is 15.9 Å².